The van der Waals surface area contributed by atoms with Gasteiger partial charge in [0.1, 0.15) is 5.83 Å². The molecule has 0 atom stereocenters. The maximum Gasteiger partial charge on any atom is 0.274 e. The molecular weight excluding hydrogens is 291 g/mol. The van der Waals surface area contributed by atoms with Gasteiger partial charge in [0.05, 0.1) is 11.3 Å². The van der Waals surface area contributed by atoms with E-state index in [4.69, 9.17) is 0 Å². The first-order chi connectivity index (χ1) is 11.1. The summed E-state index contributed by atoms with van der Waals surface area (Å²) in [6.45, 7) is 8.47. The number of hydrazone groups is 1. The molecule has 1 amide bonds. The van der Waals surface area contributed by atoms with Crippen molar-refractivity contribution >= 4 is 22.4 Å². The molecule has 23 heavy (non-hydrogen) atoms. The van der Waals surface area contributed by atoms with Crippen LogP contribution in [0.5, 0.6) is 0 Å². The van der Waals surface area contributed by atoms with E-state index in [1.807, 2.05) is 42.5 Å². The van der Waals surface area contributed by atoms with Gasteiger partial charge in [0.25, 0.3) is 5.91 Å². The first kappa shape index (κ1) is 16.4. The number of carbonyl (C=O) groups is 1. The maximum atomic E-state index is 13.5. The lowest BCUT2D eigenvalue weighted by molar-refractivity contribution is -0.117. The largest absolute Gasteiger partial charge is 0.274 e. The van der Waals surface area contributed by atoms with Gasteiger partial charge in [-0.1, -0.05) is 55.6 Å². The second kappa shape index (κ2) is 7.31. The number of carbonyl (C=O) groups excluding carboxylic acids is 1. The molecule has 0 unspecified atom stereocenters. The lowest BCUT2D eigenvalue weighted by Crippen LogP contribution is -2.21. The number of rotatable bonds is 5. The highest BCUT2D eigenvalue weighted by atomic mass is 19.1. The summed E-state index contributed by atoms with van der Waals surface area (Å²) in [4.78, 5) is 11.9. The standard InChI is InChI=1S/C19H17FN2O/c1-4-17(18(20)5-2)19(23)22-21-13(3)15-11-10-14-8-6-7-9-16(14)12-15/h4-12H,1-2H2,3H3,(H,22,23)/b18-17-,21-13+. The van der Waals surface area contributed by atoms with Crippen molar-refractivity contribution in [1.29, 1.82) is 0 Å². The van der Waals surface area contributed by atoms with Gasteiger partial charge in [0.15, 0.2) is 0 Å². The molecule has 116 valence electrons. The van der Waals surface area contributed by atoms with Crippen LogP contribution in [0.3, 0.4) is 0 Å². The SMILES string of the molecule is C=C/C(F)=C(\C=C)C(=O)N/N=C(\C)c1ccc2ccccc2c1. The van der Waals surface area contributed by atoms with Crippen LogP contribution >= 0.6 is 0 Å². The summed E-state index contributed by atoms with van der Waals surface area (Å²) in [5.41, 5.74) is 3.62. The van der Waals surface area contributed by atoms with Gasteiger partial charge in [-0.05, 0) is 35.4 Å². The molecular formula is C19H17FN2O. The minimum absolute atomic E-state index is 0.199. The number of amides is 1. The number of hydrogen-bond acceptors (Lipinski definition) is 2. The molecule has 0 saturated carbocycles. The summed E-state index contributed by atoms with van der Waals surface area (Å²) in [7, 11) is 0. The molecule has 0 fully saturated rings. The van der Waals surface area contributed by atoms with Gasteiger partial charge in [0, 0.05) is 0 Å². The van der Waals surface area contributed by atoms with Crippen molar-refractivity contribution in [3.05, 3.63) is 84.7 Å². The normalized spacial score (nSPS) is 12.5. The summed E-state index contributed by atoms with van der Waals surface area (Å²) >= 11 is 0. The Hall–Kier alpha value is -3.01. The first-order valence-electron chi connectivity index (χ1n) is 7.05. The Morgan fingerprint density at radius 2 is 1.83 bits per heavy atom. The highest BCUT2D eigenvalue weighted by Crippen LogP contribution is 2.16. The van der Waals surface area contributed by atoms with E-state index in [-0.39, 0.29) is 5.57 Å². The number of allylic oxidation sites excluding steroid dienone is 2. The Bertz CT molecular complexity index is 834. The van der Waals surface area contributed by atoms with Gasteiger partial charge in [-0.15, -0.1) is 0 Å². The Morgan fingerprint density at radius 1 is 1.13 bits per heavy atom. The third-order valence-electron chi connectivity index (χ3n) is 3.38. The zero-order chi connectivity index (χ0) is 16.8. The van der Waals surface area contributed by atoms with Gasteiger partial charge in [-0.25, -0.2) is 9.82 Å². The molecule has 1 N–H and O–H groups in total. The van der Waals surface area contributed by atoms with Gasteiger partial charge in [0.2, 0.25) is 0 Å². The molecule has 2 rings (SSSR count). The van der Waals surface area contributed by atoms with Crippen molar-refractivity contribution in [1.82, 2.24) is 5.43 Å². The molecule has 0 aliphatic heterocycles. The molecule has 4 heteroatoms. The fourth-order valence-electron chi connectivity index (χ4n) is 2.08. The Balaban J connectivity index is 2.23. The highest BCUT2D eigenvalue weighted by molar-refractivity contribution is 6.03. The van der Waals surface area contributed by atoms with Crippen LogP contribution in [0.4, 0.5) is 4.39 Å². The minimum Gasteiger partial charge on any atom is -0.267 e. The summed E-state index contributed by atoms with van der Waals surface area (Å²) in [5.74, 6) is -1.41. The van der Waals surface area contributed by atoms with Crippen LogP contribution in [0.2, 0.25) is 0 Å². The molecule has 0 saturated heterocycles. The predicted molar refractivity (Wildman–Crippen MR) is 92.8 cm³/mol. The van der Waals surface area contributed by atoms with E-state index < -0.39 is 11.7 Å². The van der Waals surface area contributed by atoms with E-state index >= 15 is 0 Å². The van der Waals surface area contributed by atoms with Gasteiger partial charge >= 0.3 is 0 Å². The second-order valence-corrected chi connectivity index (χ2v) is 4.87. The zero-order valence-corrected chi connectivity index (χ0v) is 12.8. The molecule has 0 aliphatic carbocycles. The van der Waals surface area contributed by atoms with Crippen molar-refractivity contribution in [2.75, 3.05) is 0 Å². The van der Waals surface area contributed by atoms with Gasteiger partial charge in [-0.3, -0.25) is 4.79 Å². The van der Waals surface area contributed by atoms with Crippen LogP contribution in [0.1, 0.15) is 12.5 Å². The van der Waals surface area contributed by atoms with E-state index in [1.54, 1.807) is 6.92 Å². The molecule has 0 heterocycles. The van der Waals surface area contributed by atoms with Crippen molar-refractivity contribution in [3.8, 4) is 0 Å². The van der Waals surface area contributed by atoms with Crippen LogP contribution in [0.25, 0.3) is 10.8 Å². The van der Waals surface area contributed by atoms with E-state index in [2.05, 4.69) is 23.7 Å². The average Bonchev–Trinajstić information content (AvgIpc) is 2.59. The number of nitrogens with zero attached hydrogens (tertiary/aromatic N) is 1. The molecule has 0 aromatic heterocycles. The summed E-state index contributed by atoms with van der Waals surface area (Å²) in [5, 5.41) is 6.22. The number of nitrogens with one attached hydrogen (secondary N) is 1. The summed E-state index contributed by atoms with van der Waals surface area (Å²) in [6.07, 6.45) is 2.09. The molecule has 2 aromatic carbocycles. The van der Waals surface area contributed by atoms with Crippen molar-refractivity contribution in [2.45, 2.75) is 6.92 Å². The number of fused-ring (bicyclic) bond motifs is 1. The fourth-order valence-corrected chi connectivity index (χ4v) is 2.08. The molecule has 0 bridgehead atoms. The molecule has 0 aliphatic rings. The summed E-state index contributed by atoms with van der Waals surface area (Å²) in [6, 6.07) is 13.8. The Kier molecular flexibility index (Phi) is 5.20. The Labute approximate surface area is 134 Å². The van der Waals surface area contributed by atoms with E-state index in [0.29, 0.717) is 5.71 Å². The smallest absolute Gasteiger partial charge is 0.267 e. The third-order valence-corrected chi connectivity index (χ3v) is 3.38. The number of halogens is 1. The summed E-state index contributed by atoms with van der Waals surface area (Å²) < 4.78 is 13.5. The molecule has 0 radical (unpaired) electrons. The van der Waals surface area contributed by atoms with Crippen LogP contribution in [0.15, 0.2) is 84.3 Å². The zero-order valence-electron chi connectivity index (χ0n) is 12.8. The molecule has 3 nitrogen and oxygen atoms in total. The monoisotopic (exact) mass is 308 g/mol. The fraction of sp³-hybridized carbons (Fsp3) is 0.0526. The van der Waals surface area contributed by atoms with E-state index in [9.17, 15) is 9.18 Å². The van der Waals surface area contributed by atoms with Crippen LogP contribution in [-0.4, -0.2) is 11.6 Å². The number of hydrogen-bond donors (Lipinski definition) is 1. The van der Waals surface area contributed by atoms with Crippen LogP contribution in [0, 0.1) is 0 Å². The lowest BCUT2D eigenvalue weighted by atomic mass is 10.0. The van der Waals surface area contributed by atoms with E-state index in [1.165, 1.54) is 0 Å². The lowest BCUT2D eigenvalue weighted by Gasteiger charge is -2.05. The topological polar surface area (TPSA) is 41.5 Å². The van der Waals surface area contributed by atoms with Gasteiger partial charge in [-0.2, -0.15) is 5.10 Å². The number of benzene rings is 2. The average molecular weight is 308 g/mol. The van der Waals surface area contributed by atoms with Crippen molar-refractivity contribution in [3.63, 3.8) is 0 Å². The Morgan fingerprint density at radius 3 is 2.48 bits per heavy atom. The van der Waals surface area contributed by atoms with Crippen LogP contribution in [-0.2, 0) is 4.79 Å². The van der Waals surface area contributed by atoms with Gasteiger partial charge < -0.3 is 0 Å². The maximum absolute atomic E-state index is 13.5. The molecule has 2 aromatic rings. The first-order valence-corrected chi connectivity index (χ1v) is 7.05. The predicted octanol–water partition coefficient (Wildman–Crippen LogP) is 4.28. The second-order valence-electron chi connectivity index (χ2n) is 4.87. The van der Waals surface area contributed by atoms with Crippen molar-refractivity contribution < 1.29 is 9.18 Å². The van der Waals surface area contributed by atoms with E-state index in [0.717, 1.165) is 28.5 Å². The highest BCUT2D eigenvalue weighted by Gasteiger charge is 2.10. The third kappa shape index (κ3) is 3.80. The van der Waals surface area contributed by atoms with Crippen molar-refractivity contribution in [2.24, 2.45) is 5.10 Å². The van der Waals surface area contributed by atoms with Crippen LogP contribution < -0.4 is 5.43 Å². The minimum atomic E-state index is -0.740. The molecule has 0 spiro atoms. The quantitative estimate of drug-likeness (QED) is 0.381.